The lowest BCUT2D eigenvalue weighted by Gasteiger charge is -2.18. The summed E-state index contributed by atoms with van der Waals surface area (Å²) in [6, 6.07) is 52.0. The fourth-order valence-corrected chi connectivity index (χ4v) is 6.21. The minimum atomic E-state index is 0.919. The van der Waals surface area contributed by atoms with Gasteiger partial charge in [0.1, 0.15) is 11.2 Å². The number of hydrogen-bond acceptors (Lipinski definition) is 1. The van der Waals surface area contributed by atoms with Crippen LogP contribution in [-0.4, -0.2) is 0 Å². The molecule has 39 heavy (non-hydrogen) atoms. The summed E-state index contributed by atoms with van der Waals surface area (Å²) >= 11 is 0. The molecule has 0 N–H and O–H groups in total. The van der Waals surface area contributed by atoms with Crippen molar-refractivity contribution in [3.63, 3.8) is 0 Å². The molecule has 1 heterocycles. The first-order valence-corrected chi connectivity index (χ1v) is 13.4. The van der Waals surface area contributed by atoms with Crippen molar-refractivity contribution in [3.05, 3.63) is 146 Å². The van der Waals surface area contributed by atoms with Gasteiger partial charge in [0.25, 0.3) is 0 Å². The monoisotopic (exact) mass is 496 g/mol. The summed E-state index contributed by atoms with van der Waals surface area (Å²) in [6.07, 6.45) is 0. The van der Waals surface area contributed by atoms with E-state index in [-0.39, 0.29) is 0 Å². The van der Waals surface area contributed by atoms with Crippen molar-refractivity contribution in [2.75, 3.05) is 0 Å². The summed E-state index contributed by atoms with van der Waals surface area (Å²) in [5.41, 5.74) is 9.22. The van der Waals surface area contributed by atoms with Gasteiger partial charge < -0.3 is 4.42 Å². The van der Waals surface area contributed by atoms with Crippen molar-refractivity contribution in [1.82, 2.24) is 0 Å². The average molecular weight is 497 g/mol. The van der Waals surface area contributed by atoms with E-state index in [0.717, 1.165) is 16.6 Å². The summed E-state index contributed by atoms with van der Waals surface area (Å²) in [5.74, 6) is 0. The number of furan rings is 1. The summed E-state index contributed by atoms with van der Waals surface area (Å²) in [6.45, 7) is 0. The van der Waals surface area contributed by atoms with Crippen LogP contribution in [0.2, 0.25) is 0 Å². The van der Waals surface area contributed by atoms with Gasteiger partial charge in [0, 0.05) is 10.8 Å². The molecule has 0 fully saturated rings. The van der Waals surface area contributed by atoms with E-state index in [1.165, 1.54) is 60.3 Å². The molecule has 0 aliphatic rings. The van der Waals surface area contributed by atoms with Crippen LogP contribution in [-0.2, 0) is 0 Å². The number of fused-ring (bicyclic) bond motifs is 5. The van der Waals surface area contributed by atoms with Gasteiger partial charge in [-0.25, -0.2) is 0 Å². The van der Waals surface area contributed by atoms with Crippen LogP contribution < -0.4 is 0 Å². The van der Waals surface area contributed by atoms with Gasteiger partial charge in [0.15, 0.2) is 0 Å². The van der Waals surface area contributed by atoms with Crippen LogP contribution >= 0.6 is 0 Å². The minimum absolute atomic E-state index is 0.919. The molecule has 0 radical (unpaired) electrons. The van der Waals surface area contributed by atoms with Crippen LogP contribution in [0.15, 0.2) is 150 Å². The first-order valence-electron chi connectivity index (χ1n) is 13.4. The summed E-state index contributed by atoms with van der Waals surface area (Å²) < 4.78 is 6.20. The van der Waals surface area contributed by atoms with E-state index >= 15 is 0 Å². The van der Waals surface area contributed by atoms with Gasteiger partial charge in [-0.3, -0.25) is 0 Å². The summed E-state index contributed by atoms with van der Waals surface area (Å²) in [5, 5.41) is 7.38. The van der Waals surface area contributed by atoms with Crippen LogP contribution in [0, 0.1) is 0 Å². The Hall–Kier alpha value is -5.14. The predicted molar refractivity (Wildman–Crippen MR) is 165 cm³/mol. The molecule has 182 valence electrons. The fourth-order valence-electron chi connectivity index (χ4n) is 6.21. The number of benzene rings is 7. The Labute approximate surface area is 226 Å². The fraction of sp³-hybridized carbons (Fsp3) is 0. The van der Waals surface area contributed by atoms with E-state index in [4.69, 9.17) is 4.42 Å². The maximum absolute atomic E-state index is 6.20. The topological polar surface area (TPSA) is 13.1 Å². The second kappa shape index (κ2) is 8.72. The molecule has 7 aromatic carbocycles. The molecule has 0 saturated heterocycles. The smallest absolute Gasteiger partial charge is 0.136 e. The third kappa shape index (κ3) is 3.41. The van der Waals surface area contributed by atoms with Crippen LogP contribution in [0.1, 0.15) is 0 Å². The standard InChI is InChI=1S/C38H24O/c1-2-12-25(13-3-1)36-29-16-4-6-18-31(29)37(32-19-7-5-17-30(32)36)27-15-10-14-26(24-27)28-21-11-23-35-38(28)33-20-8-9-22-34(33)39-35/h1-24H. The second-order valence-electron chi connectivity index (χ2n) is 10.1. The van der Waals surface area contributed by atoms with E-state index in [2.05, 4.69) is 133 Å². The van der Waals surface area contributed by atoms with Gasteiger partial charge in [0.05, 0.1) is 0 Å². The Bertz CT molecular complexity index is 2110. The highest BCUT2D eigenvalue weighted by molar-refractivity contribution is 6.21. The highest BCUT2D eigenvalue weighted by atomic mass is 16.3. The Balaban J connectivity index is 1.43. The maximum Gasteiger partial charge on any atom is 0.136 e. The van der Waals surface area contributed by atoms with E-state index in [1.54, 1.807) is 0 Å². The van der Waals surface area contributed by atoms with E-state index < -0.39 is 0 Å². The molecular formula is C38H24O. The molecule has 1 nitrogen and oxygen atoms in total. The summed E-state index contributed by atoms with van der Waals surface area (Å²) in [7, 11) is 0. The minimum Gasteiger partial charge on any atom is -0.456 e. The molecule has 8 rings (SSSR count). The first-order chi connectivity index (χ1) is 19.4. The maximum atomic E-state index is 6.20. The quantitative estimate of drug-likeness (QED) is 0.222. The SMILES string of the molecule is c1ccc(-c2c3ccccc3c(-c3cccc(-c4cccc5oc6ccccc6c45)c3)c3ccccc23)cc1. The Morgan fingerprint density at radius 3 is 1.51 bits per heavy atom. The lowest BCUT2D eigenvalue weighted by molar-refractivity contribution is 0.669. The van der Waals surface area contributed by atoms with E-state index in [9.17, 15) is 0 Å². The first kappa shape index (κ1) is 21.9. The van der Waals surface area contributed by atoms with Crippen LogP contribution in [0.25, 0.3) is 76.9 Å². The molecule has 1 heteroatoms. The molecule has 0 aliphatic carbocycles. The lowest BCUT2D eigenvalue weighted by Crippen LogP contribution is -1.91. The van der Waals surface area contributed by atoms with Gasteiger partial charge in [0.2, 0.25) is 0 Å². The molecular weight excluding hydrogens is 472 g/mol. The molecule has 0 spiro atoms. The van der Waals surface area contributed by atoms with Crippen molar-refractivity contribution in [3.8, 4) is 33.4 Å². The van der Waals surface area contributed by atoms with Crippen LogP contribution in [0.5, 0.6) is 0 Å². The summed E-state index contributed by atoms with van der Waals surface area (Å²) in [4.78, 5) is 0. The third-order valence-corrected chi connectivity index (χ3v) is 7.86. The Morgan fingerprint density at radius 1 is 0.333 bits per heavy atom. The van der Waals surface area contributed by atoms with E-state index in [0.29, 0.717) is 0 Å². The molecule has 0 unspecified atom stereocenters. The van der Waals surface area contributed by atoms with Crippen molar-refractivity contribution in [1.29, 1.82) is 0 Å². The van der Waals surface area contributed by atoms with Gasteiger partial charge in [-0.15, -0.1) is 0 Å². The Kier molecular flexibility index (Phi) is 4.89. The molecule has 1 aromatic heterocycles. The highest BCUT2D eigenvalue weighted by Crippen LogP contribution is 2.44. The Morgan fingerprint density at radius 2 is 0.821 bits per heavy atom. The van der Waals surface area contributed by atoms with Crippen LogP contribution in [0.4, 0.5) is 0 Å². The van der Waals surface area contributed by atoms with Gasteiger partial charge >= 0.3 is 0 Å². The van der Waals surface area contributed by atoms with Gasteiger partial charge in [-0.1, -0.05) is 127 Å². The zero-order valence-electron chi connectivity index (χ0n) is 21.3. The van der Waals surface area contributed by atoms with Crippen molar-refractivity contribution in [2.45, 2.75) is 0 Å². The lowest BCUT2D eigenvalue weighted by atomic mass is 9.85. The third-order valence-electron chi connectivity index (χ3n) is 7.86. The second-order valence-corrected chi connectivity index (χ2v) is 10.1. The van der Waals surface area contributed by atoms with Crippen LogP contribution in [0.3, 0.4) is 0 Å². The zero-order valence-corrected chi connectivity index (χ0v) is 21.3. The molecule has 0 saturated carbocycles. The molecule has 0 bridgehead atoms. The largest absolute Gasteiger partial charge is 0.456 e. The zero-order chi connectivity index (χ0) is 25.8. The van der Waals surface area contributed by atoms with E-state index in [1.807, 2.05) is 12.1 Å². The number of para-hydroxylation sites is 1. The number of hydrogen-bond donors (Lipinski definition) is 0. The molecule has 0 amide bonds. The predicted octanol–water partition coefficient (Wildman–Crippen LogP) is 10.9. The van der Waals surface area contributed by atoms with Crippen molar-refractivity contribution in [2.24, 2.45) is 0 Å². The molecule has 8 aromatic rings. The normalized spacial score (nSPS) is 11.6. The molecule has 0 atom stereocenters. The number of rotatable bonds is 3. The van der Waals surface area contributed by atoms with Gasteiger partial charge in [-0.05, 0) is 73.1 Å². The highest BCUT2D eigenvalue weighted by Gasteiger charge is 2.17. The van der Waals surface area contributed by atoms with Crippen molar-refractivity contribution < 1.29 is 4.42 Å². The van der Waals surface area contributed by atoms with Crippen molar-refractivity contribution >= 4 is 43.5 Å². The molecule has 0 aliphatic heterocycles. The van der Waals surface area contributed by atoms with Gasteiger partial charge in [-0.2, -0.15) is 0 Å². The average Bonchev–Trinajstić information content (AvgIpc) is 3.39.